The fourth-order valence-corrected chi connectivity index (χ4v) is 1.72. The van der Waals surface area contributed by atoms with Crippen LogP contribution in [-0.4, -0.2) is 18.4 Å². The number of benzene rings is 1. The van der Waals surface area contributed by atoms with Gasteiger partial charge in [-0.2, -0.15) is 4.57 Å². The third-order valence-electron chi connectivity index (χ3n) is 2.58. The fraction of sp³-hybridized carbons (Fsp3) is 0.214. The number of ketones is 1. The Balaban J connectivity index is 2.17. The first kappa shape index (κ1) is 12.2. The molecule has 1 aromatic heterocycles. The Morgan fingerprint density at radius 2 is 1.89 bits per heavy atom. The summed E-state index contributed by atoms with van der Waals surface area (Å²) in [5, 5.41) is 2.12. The average molecular weight is 244 g/mol. The van der Waals surface area contributed by atoms with Crippen LogP contribution in [0.25, 0.3) is 10.8 Å². The Kier molecular flexibility index (Phi) is 3.67. The minimum Gasteiger partial charge on any atom is -0.460 e. The number of Topliss-reactive ketones (excluding diaryl/α,β-unsaturated/α-hetero) is 1. The average Bonchev–Trinajstić information content (AvgIpc) is 2.39. The van der Waals surface area contributed by atoms with Gasteiger partial charge in [-0.1, -0.05) is 18.2 Å². The van der Waals surface area contributed by atoms with Gasteiger partial charge in [0, 0.05) is 11.5 Å². The summed E-state index contributed by atoms with van der Waals surface area (Å²) in [5.74, 6) is -1.32. The summed E-state index contributed by atoms with van der Waals surface area (Å²) in [6, 6.07) is 9.75. The van der Waals surface area contributed by atoms with Crippen LogP contribution < -0.4 is 4.57 Å². The van der Waals surface area contributed by atoms with Crippen molar-refractivity contribution in [1.82, 2.24) is 0 Å². The Hall–Kier alpha value is -2.23. The van der Waals surface area contributed by atoms with Gasteiger partial charge in [-0.15, -0.1) is 0 Å². The van der Waals surface area contributed by atoms with Crippen molar-refractivity contribution in [3.63, 3.8) is 0 Å². The Morgan fingerprint density at radius 1 is 1.17 bits per heavy atom. The van der Waals surface area contributed by atoms with Crippen molar-refractivity contribution in [1.29, 1.82) is 0 Å². The van der Waals surface area contributed by atoms with Crippen molar-refractivity contribution in [2.45, 2.75) is 13.5 Å². The van der Waals surface area contributed by atoms with Crippen LogP contribution in [0.4, 0.5) is 0 Å². The molecule has 4 heteroatoms. The zero-order chi connectivity index (χ0) is 13.0. The largest absolute Gasteiger partial charge is 0.460 e. The predicted octanol–water partition coefficient (Wildman–Crippen LogP) is 1.26. The topological polar surface area (TPSA) is 47.3 Å². The van der Waals surface area contributed by atoms with Crippen LogP contribution in [0.1, 0.15) is 6.92 Å². The quantitative estimate of drug-likeness (QED) is 0.462. The summed E-state index contributed by atoms with van der Waals surface area (Å²) in [6.45, 7) is 1.89. The first-order chi connectivity index (χ1) is 8.70. The fourth-order valence-electron chi connectivity index (χ4n) is 1.72. The summed E-state index contributed by atoms with van der Waals surface area (Å²) < 4.78 is 6.34. The molecule has 92 valence electrons. The lowest BCUT2D eigenvalue weighted by molar-refractivity contribution is -0.682. The molecule has 2 aromatic rings. The molecule has 0 spiro atoms. The van der Waals surface area contributed by atoms with Gasteiger partial charge in [-0.05, 0) is 18.4 Å². The number of carbonyl (C=O) groups excluding carboxylic acids is 2. The summed E-state index contributed by atoms with van der Waals surface area (Å²) in [6.07, 6.45) is 3.62. The van der Waals surface area contributed by atoms with Gasteiger partial charge in [0.25, 0.3) is 0 Å². The van der Waals surface area contributed by atoms with Crippen LogP contribution in [0.2, 0.25) is 0 Å². The Bertz CT molecular complexity index is 592. The lowest BCUT2D eigenvalue weighted by atomic mass is 10.2. The van der Waals surface area contributed by atoms with E-state index in [1.54, 1.807) is 17.7 Å². The van der Waals surface area contributed by atoms with Crippen molar-refractivity contribution in [3.8, 4) is 0 Å². The van der Waals surface area contributed by atoms with E-state index in [-0.39, 0.29) is 13.2 Å². The Labute approximate surface area is 105 Å². The summed E-state index contributed by atoms with van der Waals surface area (Å²) in [5.41, 5.74) is 0. The molecule has 0 N–H and O–H groups in total. The zero-order valence-corrected chi connectivity index (χ0v) is 10.1. The molecule has 4 nitrogen and oxygen atoms in total. The number of rotatable bonds is 4. The highest BCUT2D eigenvalue weighted by Gasteiger charge is 2.19. The number of esters is 1. The molecule has 0 unspecified atom stereocenters. The predicted molar refractivity (Wildman–Crippen MR) is 65.8 cm³/mol. The molecule has 0 saturated heterocycles. The zero-order valence-electron chi connectivity index (χ0n) is 10.1. The number of aromatic nitrogens is 1. The van der Waals surface area contributed by atoms with E-state index in [0.717, 1.165) is 10.8 Å². The third kappa shape index (κ3) is 2.71. The van der Waals surface area contributed by atoms with Crippen LogP contribution in [0, 0.1) is 0 Å². The second-order valence-corrected chi connectivity index (χ2v) is 3.89. The van der Waals surface area contributed by atoms with Gasteiger partial charge in [-0.25, -0.2) is 4.79 Å². The molecule has 1 heterocycles. The SMILES string of the molecule is CCOC(=O)C(=O)C[n+]1ccc2ccccc2c1. The van der Waals surface area contributed by atoms with Gasteiger partial charge >= 0.3 is 11.8 Å². The molecule has 0 aliphatic rings. The smallest absolute Gasteiger partial charge is 0.381 e. The van der Waals surface area contributed by atoms with Gasteiger partial charge in [0.2, 0.25) is 6.54 Å². The molecular weight excluding hydrogens is 230 g/mol. The molecule has 0 aliphatic carbocycles. The minimum atomic E-state index is -0.779. The van der Waals surface area contributed by atoms with E-state index in [2.05, 4.69) is 4.74 Å². The number of carbonyl (C=O) groups is 2. The van der Waals surface area contributed by atoms with Gasteiger partial charge in [0.15, 0.2) is 12.4 Å². The molecule has 2 rings (SSSR count). The van der Waals surface area contributed by atoms with E-state index in [0.29, 0.717) is 0 Å². The molecule has 18 heavy (non-hydrogen) atoms. The highest BCUT2D eigenvalue weighted by Crippen LogP contribution is 2.09. The minimum absolute atomic E-state index is 0.00364. The molecule has 0 saturated carbocycles. The first-order valence-electron chi connectivity index (χ1n) is 5.78. The number of ether oxygens (including phenoxy) is 1. The summed E-state index contributed by atoms with van der Waals surface area (Å²) in [4.78, 5) is 22.8. The van der Waals surface area contributed by atoms with Gasteiger partial charge in [-0.3, -0.25) is 4.79 Å². The molecule has 1 aromatic carbocycles. The molecule has 0 radical (unpaired) electrons. The molecule has 0 atom stereocenters. The van der Waals surface area contributed by atoms with Crippen molar-refractivity contribution in [2.24, 2.45) is 0 Å². The second kappa shape index (κ2) is 5.40. The Morgan fingerprint density at radius 3 is 2.61 bits per heavy atom. The highest BCUT2D eigenvalue weighted by atomic mass is 16.5. The van der Waals surface area contributed by atoms with Crippen LogP contribution in [0.5, 0.6) is 0 Å². The number of fused-ring (bicyclic) bond motifs is 1. The summed E-state index contributed by atoms with van der Waals surface area (Å²) in [7, 11) is 0. The molecule has 0 fully saturated rings. The second-order valence-electron chi connectivity index (χ2n) is 3.89. The monoisotopic (exact) mass is 244 g/mol. The van der Waals surface area contributed by atoms with Crippen LogP contribution in [-0.2, 0) is 20.9 Å². The van der Waals surface area contributed by atoms with Crippen LogP contribution in [0.3, 0.4) is 0 Å². The molecule has 0 amide bonds. The normalized spacial score (nSPS) is 10.3. The number of nitrogens with zero attached hydrogens (tertiary/aromatic N) is 1. The van der Waals surface area contributed by atoms with Gasteiger partial charge in [0.05, 0.1) is 6.61 Å². The van der Waals surface area contributed by atoms with Crippen molar-refractivity contribution in [3.05, 3.63) is 42.7 Å². The van der Waals surface area contributed by atoms with E-state index in [1.165, 1.54) is 0 Å². The van der Waals surface area contributed by atoms with Gasteiger partial charge in [0.1, 0.15) is 0 Å². The van der Waals surface area contributed by atoms with Crippen molar-refractivity contribution < 1.29 is 18.9 Å². The van der Waals surface area contributed by atoms with E-state index < -0.39 is 11.8 Å². The van der Waals surface area contributed by atoms with Crippen LogP contribution in [0.15, 0.2) is 42.7 Å². The first-order valence-corrected chi connectivity index (χ1v) is 5.78. The maximum Gasteiger partial charge on any atom is 0.381 e. The van der Waals surface area contributed by atoms with Crippen molar-refractivity contribution >= 4 is 22.5 Å². The summed E-state index contributed by atoms with van der Waals surface area (Å²) >= 11 is 0. The maximum atomic E-state index is 11.5. The van der Waals surface area contributed by atoms with E-state index in [4.69, 9.17) is 0 Å². The number of hydrogen-bond donors (Lipinski definition) is 0. The maximum absolute atomic E-state index is 11.5. The lowest BCUT2D eigenvalue weighted by Gasteiger charge is -1.99. The molecular formula is C14H14NO3+. The lowest BCUT2D eigenvalue weighted by Crippen LogP contribution is -2.40. The van der Waals surface area contributed by atoms with Crippen molar-refractivity contribution in [2.75, 3.05) is 6.61 Å². The highest BCUT2D eigenvalue weighted by molar-refractivity contribution is 6.33. The van der Waals surface area contributed by atoms with Crippen LogP contribution >= 0.6 is 0 Å². The van der Waals surface area contributed by atoms with E-state index >= 15 is 0 Å². The van der Waals surface area contributed by atoms with E-state index in [9.17, 15) is 9.59 Å². The van der Waals surface area contributed by atoms with Gasteiger partial charge < -0.3 is 4.74 Å². The van der Waals surface area contributed by atoms with E-state index in [1.807, 2.05) is 36.5 Å². The standard InChI is InChI=1S/C14H14NO3/c1-2-18-14(17)13(16)10-15-8-7-11-5-3-4-6-12(11)9-15/h3-9H,2,10H2,1H3/q+1. The third-order valence-corrected chi connectivity index (χ3v) is 2.58. The number of hydrogen-bond acceptors (Lipinski definition) is 3. The number of pyridine rings is 1. The molecule has 0 aliphatic heterocycles. The molecule has 0 bridgehead atoms.